The molecule has 3 aromatic heterocycles. The number of para-hydroxylation sites is 2. The highest BCUT2D eigenvalue weighted by molar-refractivity contribution is 6.26. The standard InChI is InChI=1S/C51H33N5/c1-4-14-34(15-5-1)36-24-26-39(27-25-36)50-52-49(38-18-8-3-9-19-38)53-51(54-50)56-45-23-13-11-21-43(45)47-46(56)33-32-42-41-20-10-12-22-44(41)55(48(42)47)40-30-28-37(29-31-40)35-16-6-2-7-17-35/h1-33H/i1D,3D,4D,5D,8D,9D,14D,15D,18D,19D,24D,25D,26D,27D. The zero-order valence-electron chi connectivity index (χ0n) is 43.2. The maximum absolute atomic E-state index is 9.31. The van der Waals surface area contributed by atoms with E-state index < -0.39 is 118 Å². The van der Waals surface area contributed by atoms with Gasteiger partial charge in [0, 0.05) is 38.4 Å². The molecule has 0 saturated carbocycles. The normalized spacial score (nSPS) is 15.1. The Morgan fingerprint density at radius 3 is 1.59 bits per heavy atom. The molecule has 0 bridgehead atoms. The van der Waals surface area contributed by atoms with Gasteiger partial charge in [-0.25, -0.2) is 4.98 Å². The van der Waals surface area contributed by atoms with Gasteiger partial charge < -0.3 is 4.57 Å². The molecule has 0 fully saturated rings. The number of aromatic nitrogens is 5. The monoisotopic (exact) mass is 729 g/mol. The molecule has 56 heavy (non-hydrogen) atoms. The smallest absolute Gasteiger partial charge is 0.238 e. The molecule has 0 spiro atoms. The third-order valence-corrected chi connectivity index (χ3v) is 9.85. The predicted octanol–water partition coefficient (Wildman–Crippen LogP) is 12.7. The first-order chi connectivity index (χ1) is 33.6. The summed E-state index contributed by atoms with van der Waals surface area (Å²) < 4.78 is 126. The van der Waals surface area contributed by atoms with Crippen LogP contribution in [0.4, 0.5) is 0 Å². The molecule has 0 aliphatic carbocycles. The molecule has 0 aliphatic rings. The Morgan fingerprint density at radius 1 is 0.357 bits per heavy atom. The van der Waals surface area contributed by atoms with Gasteiger partial charge in [-0.3, -0.25) is 4.57 Å². The van der Waals surface area contributed by atoms with Gasteiger partial charge in [0.05, 0.1) is 41.3 Å². The number of benzene rings is 8. The third kappa shape index (κ3) is 5.21. The van der Waals surface area contributed by atoms with E-state index in [0.29, 0.717) is 11.0 Å². The molecule has 0 unspecified atom stereocenters. The molecule has 0 saturated heterocycles. The number of fused-ring (bicyclic) bond motifs is 7. The van der Waals surface area contributed by atoms with Gasteiger partial charge in [-0.2, -0.15) is 9.97 Å². The molecule has 11 rings (SSSR count). The van der Waals surface area contributed by atoms with Crippen molar-refractivity contribution in [2.24, 2.45) is 0 Å². The van der Waals surface area contributed by atoms with E-state index in [-0.39, 0.29) is 5.95 Å². The molecule has 0 radical (unpaired) electrons. The van der Waals surface area contributed by atoms with Crippen LogP contribution in [0.15, 0.2) is 200 Å². The second-order valence-electron chi connectivity index (χ2n) is 13.0. The van der Waals surface area contributed by atoms with Gasteiger partial charge in [0.1, 0.15) is 0 Å². The van der Waals surface area contributed by atoms with E-state index in [1.807, 2.05) is 66.7 Å². The lowest BCUT2D eigenvalue weighted by Crippen LogP contribution is -2.06. The number of hydrogen-bond donors (Lipinski definition) is 0. The molecule has 5 nitrogen and oxygen atoms in total. The van der Waals surface area contributed by atoms with Crippen LogP contribution in [0.2, 0.25) is 0 Å². The SMILES string of the molecule is [2H]c1c([2H])c([2H])c(-c2nc(-c3c([2H])c([2H])c(-c4c([2H])c([2H])c([2H])c([2H])c4[2H])c([2H])c3[2H])nc(-n3c4ccccc4c4c3ccc3c5ccccc5n(-c5ccc(-c6ccccc6)cc5)c34)n2)c([2H])c1[2H]. The topological polar surface area (TPSA) is 48.5 Å². The van der Waals surface area contributed by atoms with Crippen molar-refractivity contribution in [3.8, 4) is 56.7 Å². The second kappa shape index (κ2) is 13.0. The second-order valence-corrected chi connectivity index (χ2v) is 13.0. The van der Waals surface area contributed by atoms with E-state index in [9.17, 15) is 2.74 Å². The Hall–Kier alpha value is -7.63. The van der Waals surface area contributed by atoms with Crippen LogP contribution in [0.25, 0.3) is 100 Å². The molecule has 0 aliphatic heterocycles. The van der Waals surface area contributed by atoms with Gasteiger partial charge in [-0.1, -0.05) is 170 Å². The summed E-state index contributed by atoms with van der Waals surface area (Å²) in [6.45, 7) is 0. The summed E-state index contributed by atoms with van der Waals surface area (Å²) in [5.74, 6) is -1.04. The Bertz CT molecular complexity index is 3970. The quantitative estimate of drug-likeness (QED) is 0.171. The predicted molar refractivity (Wildman–Crippen MR) is 230 cm³/mol. The Labute approximate surface area is 343 Å². The highest BCUT2D eigenvalue weighted by Gasteiger charge is 2.23. The van der Waals surface area contributed by atoms with E-state index >= 15 is 0 Å². The molecule has 5 heteroatoms. The van der Waals surface area contributed by atoms with Crippen LogP contribution in [0.1, 0.15) is 19.2 Å². The number of rotatable bonds is 6. The fraction of sp³-hybridized carbons (Fsp3) is 0. The molecule has 0 amide bonds. The van der Waals surface area contributed by atoms with Crippen LogP contribution in [0.3, 0.4) is 0 Å². The lowest BCUT2D eigenvalue weighted by Gasteiger charge is -2.12. The fourth-order valence-electron chi connectivity index (χ4n) is 7.40. The molecular formula is C51H33N5. The zero-order valence-corrected chi connectivity index (χ0v) is 29.2. The first-order valence-corrected chi connectivity index (χ1v) is 17.7. The average molecular weight is 730 g/mol. The van der Waals surface area contributed by atoms with Crippen molar-refractivity contribution in [2.75, 3.05) is 0 Å². The summed E-state index contributed by atoms with van der Waals surface area (Å²) >= 11 is 0. The van der Waals surface area contributed by atoms with Crippen molar-refractivity contribution in [2.45, 2.75) is 0 Å². The van der Waals surface area contributed by atoms with E-state index in [1.54, 1.807) is 4.57 Å². The van der Waals surface area contributed by atoms with Gasteiger partial charge in [0.25, 0.3) is 0 Å². The van der Waals surface area contributed by atoms with Gasteiger partial charge in [-0.05, 0) is 52.6 Å². The zero-order chi connectivity index (χ0) is 49.2. The van der Waals surface area contributed by atoms with E-state index in [2.05, 4.69) is 58.1 Å². The Morgan fingerprint density at radius 2 is 0.893 bits per heavy atom. The van der Waals surface area contributed by atoms with E-state index in [1.165, 1.54) is 0 Å². The maximum Gasteiger partial charge on any atom is 0.238 e. The Kier molecular flexibility index (Phi) is 4.83. The van der Waals surface area contributed by atoms with Crippen molar-refractivity contribution in [1.29, 1.82) is 0 Å². The minimum atomic E-state index is -0.760. The van der Waals surface area contributed by atoms with Gasteiger partial charge in [0.2, 0.25) is 5.95 Å². The first-order valence-electron chi connectivity index (χ1n) is 24.7. The van der Waals surface area contributed by atoms with Crippen molar-refractivity contribution in [1.82, 2.24) is 24.1 Å². The summed E-state index contributed by atoms with van der Waals surface area (Å²) in [6.07, 6.45) is 0. The summed E-state index contributed by atoms with van der Waals surface area (Å²) in [5, 5.41) is 3.49. The molecule has 0 atom stereocenters. The van der Waals surface area contributed by atoms with Gasteiger partial charge in [-0.15, -0.1) is 0 Å². The van der Waals surface area contributed by atoms with Crippen molar-refractivity contribution in [3.05, 3.63) is 200 Å². The molecule has 262 valence electrons. The molecular weight excluding hydrogens is 683 g/mol. The number of hydrogen-bond acceptors (Lipinski definition) is 3. The van der Waals surface area contributed by atoms with E-state index in [4.69, 9.17) is 26.4 Å². The summed E-state index contributed by atoms with van der Waals surface area (Å²) in [5.41, 5.74) is 3.97. The lowest BCUT2D eigenvalue weighted by molar-refractivity contribution is 0.953. The van der Waals surface area contributed by atoms with E-state index in [0.717, 1.165) is 49.4 Å². The molecule has 3 heterocycles. The fourth-order valence-corrected chi connectivity index (χ4v) is 7.40. The van der Waals surface area contributed by atoms with Crippen molar-refractivity contribution < 1.29 is 19.2 Å². The Balaban J connectivity index is 1.23. The summed E-state index contributed by atoms with van der Waals surface area (Å²) in [6, 6.07) is 27.9. The van der Waals surface area contributed by atoms with Crippen LogP contribution in [-0.2, 0) is 0 Å². The summed E-state index contributed by atoms with van der Waals surface area (Å²) in [7, 11) is 0. The molecule has 11 aromatic rings. The summed E-state index contributed by atoms with van der Waals surface area (Å²) in [4.78, 5) is 14.2. The van der Waals surface area contributed by atoms with Crippen LogP contribution >= 0.6 is 0 Å². The third-order valence-electron chi connectivity index (χ3n) is 9.85. The van der Waals surface area contributed by atoms with Crippen LogP contribution in [0.5, 0.6) is 0 Å². The van der Waals surface area contributed by atoms with Crippen LogP contribution < -0.4 is 0 Å². The highest BCUT2D eigenvalue weighted by Crippen LogP contribution is 2.42. The first kappa shape index (κ1) is 20.7. The minimum absolute atomic E-state index is 0.154. The van der Waals surface area contributed by atoms with Crippen LogP contribution in [-0.4, -0.2) is 24.1 Å². The molecule has 8 aromatic carbocycles. The van der Waals surface area contributed by atoms with Gasteiger partial charge >= 0.3 is 0 Å². The minimum Gasteiger partial charge on any atom is -0.309 e. The highest BCUT2D eigenvalue weighted by atomic mass is 15.2. The van der Waals surface area contributed by atoms with Crippen LogP contribution in [0, 0.1) is 0 Å². The average Bonchev–Trinajstić information content (AvgIpc) is 3.90. The lowest BCUT2D eigenvalue weighted by atomic mass is 10.0. The van der Waals surface area contributed by atoms with Crippen molar-refractivity contribution >= 4 is 43.6 Å². The number of nitrogens with zero attached hydrogens (tertiary/aromatic N) is 5. The van der Waals surface area contributed by atoms with Crippen molar-refractivity contribution in [3.63, 3.8) is 0 Å². The maximum atomic E-state index is 9.31. The van der Waals surface area contributed by atoms with Gasteiger partial charge in [0.15, 0.2) is 11.6 Å². The molecule has 0 N–H and O–H groups in total. The largest absolute Gasteiger partial charge is 0.309 e.